The number of carbonyl (C=O) groups excluding carboxylic acids is 1. The first-order valence-electron chi connectivity index (χ1n) is 5.63. The lowest BCUT2D eigenvalue weighted by Crippen LogP contribution is -2.40. The molecule has 1 N–H and O–H groups in total. The monoisotopic (exact) mass is 213 g/mol. The fourth-order valence-electron chi connectivity index (χ4n) is 2.31. The fraction of sp³-hybridized carbons (Fsp3) is 0.917. The van der Waals surface area contributed by atoms with Gasteiger partial charge in [-0.1, -0.05) is 34.6 Å². The standard InChI is InChI=1S/C12H23NO2/c1-7-8(9(14)15-6)13-10-11(2,3)12(10,4)5/h8,10,13H,7H2,1-6H3. The van der Waals surface area contributed by atoms with Crippen LogP contribution in [-0.4, -0.2) is 25.2 Å². The lowest BCUT2D eigenvalue weighted by Gasteiger charge is -2.15. The molecule has 1 rings (SSSR count). The SMILES string of the molecule is CCC(NC1C(C)(C)C1(C)C)C(=O)OC. The molecule has 0 aromatic carbocycles. The molecule has 0 spiro atoms. The van der Waals surface area contributed by atoms with Crippen LogP contribution in [0.25, 0.3) is 0 Å². The Morgan fingerprint density at radius 1 is 1.33 bits per heavy atom. The summed E-state index contributed by atoms with van der Waals surface area (Å²) in [5.41, 5.74) is 0.517. The largest absolute Gasteiger partial charge is 0.468 e. The number of carbonyl (C=O) groups is 1. The van der Waals surface area contributed by atoms with E-state index in [4.69, 9.17) is 4.74 Å². The summed E-state index contributed by atoms with van der Waals surface area (Å²) in [5.74, 6) is -0.156. The highest BCUT2D eigenvalue weighted by Crippen LogP contribution is 2.62. The lowest BCUT2D eigenvalue weighted by molar-refractivity contribution is -0.143. The van der Waals surface area contributed by atoms with Crippen molar-refractivity contribution in [2.75, 3.05) is 7.11 Å². The van der Waals surface area contributed by atoms with Crippen molar-refractivity contribution in [3.63, 3.8) is 0 Å². The van der Waals surface area contributed by atoms with Gasteiger partial charge in [0.05, 0.1) is 7.11 Å². The molecule has 15 heavy (non-hydrogen) atoms. The Bertz CT molecular complexity index is 244. The topological polar surface area (TPSA) is 38.3 Å². The van der Waals surface area contributed by atoms with Crippen LogP contribution in [0.5, 0.6) is 0 Å². The molecule has 0 bridgehead atoms. The van der Waals surface area contributed by atoms with E-state index in [-0.39, 0.29) is 22.8 Å². The van der Waals surface area contributed by atoms with Crippen LogP contribution in [-0.2, 0) is 9.53 Å². The van der Waals surface area contributed by atoms with Crippen molar-refractivity contribution in [1.82, 2.24) is 5.32 Å². The number of ether oxygens (including phenoxy) is 1. The summed E-state index contributed by atoms with van der Waals surface area (Å²) in [5, 5.41) is 3.40. The average Bonchev–Trinajstić information content (AvgIpc) is 2.54. The van der Waals surface area contributed by atoms with Gasteiger partial charge in [-0.3, -0.25) is 4.79 Å². The maximum atomic E-state index is 11.4. The Labute approximate surface area is 92.6 Å². The van der Waals surface area contributed by atoms with Gasteiger partial charge < -0.3 is 10.1 Å². The van der Waals surface area contributed by atoms with Crippen LogP contribution in [0.1, 0.15) is 41.0 Å². The van der Waals surface area contributed by atoms with E-state index in [1.807, 2.05) is 6.92 Å². The lowest BCUT2D eigenvalue weighted by atomic mass is 10.0. The van der Waals surface area contributed by atoms with Crippen molar-refractivity contribution < 1.29 is 9.53 Å². The number of hydrogen-bond donors (Lipinski definition) is 1. The summed E-state index contributed by atoms with van der Waals surface area (Å²) in [6.07, 6.45) is 0.773. The number of esters is 1. The van der Waals surface area contributed by atoms with E-state index in [0.717, 1.165) is 6.42 Å². The van der Waals surface area contributed by atoms with E-state index in [1.165, 1.54) is 7.11 Å². The minimum Gasteiger partial charge on any atom is -0.468 e. The molecule has 0 aliphatic heterocycles. The summed E-state index contributed by atoms with van der Waals surface area (Å²) in [6.45, 7) is 10.9. The number of methoxy groups -OCH3 is 1. The minimum atomic E-state index is -0.166. The Balaban J connectivity index is 2.60. The third-order valence-corrected chi connectivity index (χ3v) is 4.28. The second-order valence-electron chi connectivity index (χ2n) is 5.53. The van der Waals surface area contributed by atoms with E-state index in [9.17, 15) is 4.79 Å². The summed E-state index contributed by atoms with van der Waals surface area (Å²) in [6, 6.07) is 0.232. The molecule has 1 atom stereocenters. The first-order chi connectivity index (χ1) is 6.79. The highest BCUT2D eigenvalue weighted by Gasteiger charge is 2.65. The molecule has 1 unspecified atom stereocenters. The first-order valence-corrected chi connectivity index (χ1v) is 5.63. The van der Waals surface area contributed by atoms with Crippen molar-refractivity contribution >= 4 is 5.97 Å². The second kappa shape index (κ2) is 3.78. The molecule has 0 amide bonds. The molecule has 0 heterocycles. The highest BCUT2D eigenvalue weighted by molar-refractivity contribution is 5.75. The van der Waals surface area contributed by atoms with E-state index >= 15 is 0 Å². The van der Waals surface area contributed by atoms with Gasteiger partial charge in [-0.2, -0.15) is 0 Å². The van der Waals surface area contributed by atoms with Crippen molar-refractivity contribution in [2.24, 2.45) is 10.8 Å². The summed E-state index contributed by atoms with van der Waals surface area (Å²) in [7, 11) is 1.44. The van der Waals surface area contributed by atoms with Gasteiger partial charge in [-0.25, -0.2) is 0 Å². The molecule has 0 radical (unpaired) electrons. The molecule has 1 saturated carbocycles. The van der Waals surface area contributed by atoms with Gasteiger partial charge in [0.2, 0.25) is 0 Å². The van der Waals surface area contributed by atoms with Gasteiger partial charge in [-0.05, 0) is 17.3 Å². The Kier molecular flexibility index (Phi) is 3.15. The van der Waals surface area contributed by atoms with E-state index in [1.54, 1.807) is 0 Å². The third kappa shape index (κ3) is 1.89. The van der Waals surface area contributed by atoms with Crippen LogP contribution >= 0.6 is 0 Å². The summed E-state index contributed by atoms with van der Waals surface area (Å²) < 4.78 is 4.77. The van der Waals surface area contributed by atoms with E-state index < -0.39 is 0 Å². The Morgan fingerprint density at radius 2 is 1.80 bits per heavy atom. The van der Waals surface area contributed by atoms with Crippen molar-refractivity contribution in [3.8, 4) is 0 Å². The highest BCUT2D eigenvalue weighted by atomic mass is 16.5. The molecule has 0 saturated heterocycles. The Morgan fingerprint density at radius 3 is 2.07 bits per heavy atom. The predicted molar refractivity (Wildman–Crippen MR) is 60.6 cm³/mol. The maximum Gasteiger partial charge on any atom is 0.322 e. The van der Waals surface area contributed by atoms with Gasteiger partial charge in [-0.15, -0.1) is 0 Å². The van der Waals surface area contributed by atoms with Crippen molar-refractivity contribution in [3.05, 3.63) is 0 Å². The van der Waals surface area contributed by atoms with Crippen LogP contribution in [0.4, 0.5) is 0 Å². The van der Waals surface area contributed by atoms with Crippen LogP contribution in [0.2, 0.25) is 0 Å². The second-order valence-corrected chi connectivity index (χ2v) is 5.53. The molecule has 1 aliphatic rings. The third-order valence-electron chi connectivity index (χ3n) is 4.28. The van der Waals surface area contributed by atoms with Gasteiger partial charge in [0, 0.05) is 6.04 Å². The molecule has 0 aromatic heterocycles. The smallest absolute Gasteiger partial charge is 0.322 e. The minimum absolute atomic E-state index is 0.156. The van der Waals surface area contributed by atoms with E-state index in [0.29, 0.717) is 6.04 Å². The zero-order valence-corrected chi connectivity index (χ0v) is 10.7. The fourth-order valence-corrected chi connectivity index (χ4v) is 2.31. The van der Waals surface area contributed by atoms with Crippen LogP contribution in [0.15, 0.2) is 0 Å². The van der Waals surface area contributed by atoms with Crippen molar-refractivity contribution in [1.29, 1.82) is 0 Å². The molecule has 0 aromatic rings. The van der Waals surface area contributed by atoms with Gasteiger partial charge >= 0.3 is 5.97 Å². The van der Waals surface area contributed by atoms with Gasteiger partial charge in [0.15, 0.2) is 0 Å². The normalized spacial score (nSPS) is 24.7. The first kappa shape index (κ1) is 12.5. The number of rotatable bonds is 4. The molecular weight excluding hydrogens is 190 g/mol. The molecule has 88 valence electrons. The predicted octanol–water partition coefficient (Wildman–Crippen LogP) is 1.96. The number of nitrogens with one attached hydrogen (secondary N) is 1. The van der Waals surface area contributed by atoms with E-state index in [2.05, 4.69) is 33.0 Å². The molecular formula is C12H23NO2. The van der Waals surface area contributed by atoms with Crippen LogP contribution in [0.3, 0.4) is 0 Å². The summed E-state index contributed by atoms with van der Waals surface area (Å²) >= 11 is 0. The van der Waals surface area contributed by atoms with Gasteiger partial charge in [0.25, 0.3) is 0 Å². The van der Waals surface area contributed by atoms with Gasteiger partial charge in [0.1, 0.15) is 6.04 Å². The zero-order chi connectivity index (χ0) is 11.9. The summed E-state index contributed by atoms with van der Waals surface area (Å²) in [4.78, 5) is 11.4. The maximum absolute atomic E-state index is 11.4. The quantitative estimate of drug-likeness (QED) is 0.725. The van der Waals surface area contributed by atoms with Crippen LogP contribution in [0, 0.1) is 10.8 Å². The molecule has 1 fully saturated rings. The molecule has 3 heteroatoms. The zero-order valence-electron chi connectivity index (χ0n) is 10.7. The molecule has 1 aliphatic carbocycles. The average molecular weight is 213 g/mol. The van der Waals surface area contributed by atoms with Crippen molar-refractivity contribution in [2.45, 2.75) is 53.1 Å². The molecule has 3 nitrogen and oxygen atoms in total. The number of hydrogen-bond acceptors (Lipinski definition) is 3. The van der Waals surface area contributed by atoms with Crippen LogP contribution < -0.4 is 5.32 Å². The Hall–Kier alpha value is -0.570.